The normalized spacial score (nSPS) is 19.8. The van der Waals surface area contributed by atoms with Gasteiger partial charge >= 0.3 is 0 Å². The van der Waals surface area contributed by atoms with Gasteiger partial charge in [-0.15, -0.1) is 0 Å². The van der Waals surface area contributed by atoms with Gasteiger partial charge in [0.15, 0.2) is 0 Å². The van der Waals surface area contributed by atoms with Crippen molar-refractivity contribution in [1.29, 1.82) is 0 Å². The molecular formula is C17H26O2. The minimum absolute atomic E-state index is 0.0277. The average molecular weight is 262 g/mol. The second kappa shape index (κ2) is 5.26. The summed E-state index contributed by atoms with van der Waals surface area (Å²) in [5.41, 5.74) is 2.87. The van der Waals surface area contributed by atoms with Crippen molar-refractivity contribution in [3.8, 4) is 0 Å². The maximum atomic E-state index is 9.62. The first kappa shape index (κ1) is 14.5. The summed E-state index contributed by atoms with van der Waals surface area (Å²) in [6, 6.07) is 8.89. The van der Waals surface area contributed by atoms with Crippen molar-refractivity contribution in [1.82, 2.24) is 0 Å². The first-order chi connectivity index (χ1) is 8.94. The number of rotatable bonds is 4. The standard InChI is InChI=1S/C17H26O2/c1-5-13(10-18)17(11-19-12-17)15-8-6-14(7-9-15)16(2,3)4/h6-9,13,18H,5,10-12H2,1-4H3. The van der Waals surface area contributed by atoms with Crippen LogP contribution < -0.4 is 0 Å². The molecule has 2 nitrogen and oxygen atoms in total. The van der Waals surface area contributed by atoms with Crippen LogP contribution in [0.15, 0.2) is 24.3 Å². The molecule has 1 saturated heterocycles. The van der Waals surface area contributed by atoms with E-state index in [1.807, 2.05) is 0 Å². The third kappa shape index (κ3) is 2.56. The molecule has 1 atom stereocenters. The van der Waals surface area contributed by atoms with Gasteiger partial charge in [0.25, 0.3) is 0 Å². The van der Waals surface area contributed by atoms with Gasteiger partial charge in [-0.2, -0.15) is 0 Å². The summed E-state index contributed by atoms with van der Waals surface area (Å²) >= 11 is 0. The lowest BCUT2D eigenvalue weighted by molar-refractivity contribution is -0.101. The van der Waals surface area contributed by atoms with Gasteiger partial charge in [-0.1, -0.05) is 58.4 Å². The van der Waals surface area contributed by atoms with Crippen LogP contribution in [0.1, 0.15) is 45.2 Å². The third-order valence-electron chi connectivity index (χ3n) is 4.54. The molecule has 1 unspecified atom stereocenters. The summed E-state index contributed by atoms with van der Waals surface area (Å²) in [5.74, 6) is 0.293. The molecule has 19 heavy (non-hydrogen) atoms. The topological polar surface area (TPSA) is 29.5 Å². The van der Waals surface area contributed by atoms with E-state index in [9.17, 15) is 5.11 Å². The summed E-state index contributed by atoms with van der Waals surface area (Å²) < 4.78 is 5.46. The van der Waals surface area contributed by atoms with Crippen LogP contribution in [-0.2, 0) is 15.6 Å². The molecule has 0 spiro atoms. The van der Waals surface area contributed by atoms with Gasteiger partial charge in [0.05, 0.1) is 13.2 Å². The minimum Gasteiger partial charge on any atom is -0.396 e. The largest absolute Gasteiger partial charge is 0.396 e. The average Bonchev–Trinajstić information content (AvgIpc) is 2.32. The summed E-state index contributed by atoms with van der Waals surface area (Å²) in [6.07, 6.45) is 0.987. The van der Waals surface area contributed by atoms with Gasteiger partial charge in [-0.25, -0.2) is 0 Å². The Morgan fingerprint density at radius 3 is 2.11 bits per heavy atom. The Labute approximate surface area is 116 Å². The van der Waals surface area contributed by atoms with Gasteiger partial charge in [-0.05, 0) is 22.5 Å². The van der Waals surface area contributed by atoms with Gasteiger partial charge in [0, 0.05) is 12.0 Å². The molecule has 106 valence electrons. The van der Waals surface area contributed by atoms with E-state index >= 15 is 0 Å². The molecule has 1 fully saturated rings. The summed E-state index contributed by atoms with van der Waals surface area (Å²) in [5, 5.41) is 9.62. The van der Waals surface area contributed by atoms with E-state index in [1.165, 1.54) is 11.1 Å². The Hall–Kier alpha value is -0.860. The molecule has 0 aliphatic carbocycles. The number of hydrogen-bond donors (Lipinski definition) is 1. The molecule has 1 aromatic rings. The van der Waals surface area contributed by atoms with Gasteiger partial charge in [0.2, 0.25) is 0 Å². The molecule has 0 radical (unpaired) electrons. The van der Waals surface area contributed by atoms with Crippen molar-refractivity contribution in [3.05, 3.63) is 35.4 Å². The molecule has 2 heteroatoms. The molecule has 1 heterocycles. The van der Waals surface area contributed by atoms with E-state index < -0.39 is 0 Å². The highest BCUT2D eigenvalue weighted by atomic mass is 16.5. The van der Waals surface area contributed by atoms with E-state index in [0.717, 1.165) is 19.6 Å². The van der Waals surface area contributed by atoms with Crippen molar-refractivity contribution in [3.63, 3.8) is 0 Å². The van der Waals surface area contributed by atoms with E-state index in [-0.39, 0.29) is 17.4 Å². The zero-order chi connectivity index (χ0) is 14.1. The highest BCUT2D eigenvalue weighted by molar-refractivity contribution is 5.34. The van der Waals surface area contributed by atoms with Crippen molar-refractivity contribution in [2.75, 3.05) is 19.8 Å². The predicted molar refractivity (Wildman–Crippen MR) is 78.5 cm³/mol. The van der Waals surface area contributed by atoms with E-state index in [2.05, 4.69) is 52.0 Å². The molecule has 0 bridgehead atoms. The van der Waals surface area contributed by atoms with E-state index in [0.29, 0.717) is 5.92 Å². The lowest BCUT2D eigenvalue weighted by atomic mass is 9.67. The van der Waals surface area contributed by atoms with Crippen LogP contribution in [0.3, 0.4) is 0 Å². The second-order valence-corrected chi connectivity index (χ2v) is 6.76. The minimum atomic E-state index is 0.0277. The van der Waals surface area contributed by atoms with Crippen LogP contribution in [0, 0.1) is 5.92 Å². The van der Waals surface area contributed by atoms with E-state index in [4.69, 9.17) is 4.74 Å². The van der Waals surface area contributed by atoms with Crippen molar-refractivity contribution in [2.24, 2.45) is 5.92 Å². The van der Waals surface area contributed by atoms with Gasteiger partial charge in [-0.3, -0.25) is 0 Å². The molecular weight excluding hydrogens is 236 g/mol. The van der Waals surface area contributed by atoms with Crippen LogP contribution >= 0.6 is 0 Å². The highest BCUT2D eigenvalue weighted by Crippen LogP contribution is 2.41. The smallest absolute Gasteiger partial charge is 0.0589 e. The van der Waals surface area contributed by atoms with Crippen LogP contribution in [0.25, 0.3) is 0 Å². The molecule has 1 N–H and O–H groups in total. The zero-order valence-electron chi connectivity index (χ0n) is 12.6. The maximum absolute atomic E-state index is 9.62. The Morgan fingerprint density at radius 1 is 1.21 bits per heavy atom. The lowest BCUT2D eigenvalue weighted by Crippen LogP contribution is -2.53. The Balaban J connectivity index is 2.30. The van der Waals surface area contributed by atoms with Crippen LogP contribution in [0.2, 0.25) is 0 Å². The summed E-state index contributed by atoms with van der Waals surface area (Å²) in [7, 11) is 0. The summed E-state index contributed by atoms with van der Waals surface area (Å²) in [6.45, 7) is 10.5. The number of benzene rings is 1. The van der Waals surface area contributed by atoms with Crippen molar-refractivity contribution in [2.45, 2.75) is 44.9 Å². The van der Waals surface area contributed by atoms with Gasteiger partial charge in [0.1, 0.15) is 0 Å². The molecule has 2 rings (SSSR count). The molecule has 1 aliphatic heterocycles. The Morgan fingerprint density at radius 2 is 1.79 bits per heavy atom. The van der Waals surface area contributed by atoms with Gasteiger partial charge < -0.3 is 9.84 Å². The Kier molecular flexibility index (Phi) is 4.03. The van der Waals surface area contributed by atoms with Crippen molar-refractivity contribution >= 4 is 0 Å². The molecule has 0 saturated carbocycles. The Bertz CT molecular complexity index is 406. The monoisotopic (exact) mass is 262 g/mol. The zero-order valence-corrected chi connectivity index (χ0v) is 12.6. The SMILES string of the molecule is CCC(CO)C1(c2ccc(C(C)(C)C)cc2)COC1. The fraction of sp³-hybridized carbons (Fsp3) is 0.647. The van der Waals surface area contributed by atoms with Crippen LogP contribution in [0.4, 0.5) is 0 Å². The number of ether oxygens (including phenoxy) is 1. The second-order valence-electron chi connectivity index (χ2n) is 6.76. The number of aliphatic hydroxyl groups is 1. The number of hydrogen-bond acceptors (Lipinski definition) is 2. The first-order valence-corrected chi connectivity index (χ1v) is 7.23. The molecule has 1 aromatic carbocycles. The summed E-state index contributed by atoms with van der Waals surface area (Å²) in [4.78, 5) is 0. The molecule has 0 aromatic heterocycles. The molecule has 1 aliphatic rings. The fourth-order valence-electron chi connectivity index (χ4n) is 2.96. The van der Waals surface area contributed by atoms with E-state index in [1.54, 1.807) is 0 Å². The number of aliphatic hydroxyl groups excluding tert-OH is 1. The maximum Gasteiger partial charge on any atom is 0.0589 e. The molecule has 0 amide bonds. The third-order valence-corrected chi connectivity index (χ3v) is 4.54. The predicted octanol–water partition coefficient (Wildman–Crippen LogP) is 3.27. The lowest BCUT2D eigenvalue weighted by Gasteiger charge is -2.47. The fourth-order valence-corrected chi connectivity index (χ4v) is 2.96. The quantitative estimate of drug-likeness (QED) is 0.902. The highest BCUT2D eigenvalue weighted by Gasteiger charge is 2.45. The first-order valence-electron chi connectivity index (χ1n) is 7.23. The van der Waals surface area contributed by atoms with Crippen LogP contribution in [0.5, 0.6) is 0 Å². The van der Waals surface area contributed by atoms with Crippen molar-refractivity contribution < 1.29 is 9.84 Å². The van der Waals surface area contributed by atoms with Crippen LogP contribution in [-0.4, -0.2) is 24.9 Å².